The molecule has 0 unspecified atom stereocenters. The van der Waals surface area contributed by atoms with Crippen LogP contribution in [0.5, 0.6) is 0 Å². The molecule has 0 radical (unpaired) electrons. The number of nitrogens with zero attached hydrogens (tertiary/aromatic N) is 1. The van der Waals surface area contributed by atoms with Gasteiger partial charge in [0.1, 0.15) is 10.6 Å². The highest BCUT2D eigenvalue weighted by molar-refractivity contribution is 9.10. The predicted octanol–water partition coefficient (Wildman–Crippen LogP) is 5.62. The maximum absolute atomic E-state index is 6.02. The van der Waals surface area contributed by atoms with Crippen molar-refractivity contribution in [2.75, 3.05) is 6.61 Å². The molecule has 0 saturated heterocycles. The molecule has 0 aliphatic rings. The molecule has 20 heavy (non-hydrogen) atoms. The van der Waals surface area contributed by atoms with E-state index in [-0.39, 0.29) is 5.60 Å². The van der Waals surface area contributed by atoms with Crippen LogP contribution in [0.2, 0.25) is 0 Å². The van der Waals surface area contributed by atoms with E-state index in [0.29, 0.717) is 0 Å². The van der Waals surface area contributed by atoms with Gasteiger partial charge in [0.15, 0.2) is 0 Å². The van der Waals surface area contributed by atoms with Crippen LogP contribution >= 0.6 is 27.3 Å². The van der Waals surface area contributed by atoms with Crippen molar-refractivity contribution < 1.29 is 4.74 Å². The van der Waals surface area contributed by atoms with Crippen molar-refractivity contribution in [1.29, 1.82) is 0 Å². The average molecular weight is 354 g/mol. The van der Waals surface area contributed by atoms with Crippen LogP contribution in [0.1, 0.15) is 38.6 Å². The van der Waals surface area contributed by atoms with Crippen molar-refractivity contribution >= 4 is 27.3 Å². The van der Waals surface area contributed by atoms with Gasteiger partial charge in [0.2, 0.25) is 0 Å². The molecule has 0 saturated carbocycles. The fourth-order valence-electron chi connectivity index (χ4n) is 2.33. The Morgan fingerprint density at radius 1 is 1.15 bits per heavy atom. The van der Waals surface area contributed by atoms with E-state index in [0.717, 1.165) is 40.2 Å². The first-order valence-electron chi connectivity index (χ1n) is 7.01. The fraction of sp³-hybridized carbons (Fsp3) is 0.438. The van der Waals surface area contributed by atoms with E-state index in [1.165, 1.54) is 0 Å². The summed E-state index contributed by atoms with van der Waals surface area (Å²) in [4.78, 5) is 4.82. The first-order chi connectivity index (χ1) is 9.65. The number of ether oxygens (including phenoxy) is 1. The summed E-state index contributed by atoms with van der Waals surface area (Å²) in [6.45, 7) is 7.10. The summed E-state index contributed by atoms with van der Waals surface area (Å²) in [7, 11) is 0. The van der Waals surface area contributed by atoms with Crippen LogP contribution in [0.15, 0.2) is 34.1 Å². The van der Waals surface area contributed by atoms with Crippen molar-refractivity contribution in [2.24, 2.45) is 0 Å². The highest BCUT2D eigenvalue weighted by Crippen LogP contribution is 2.37. The quantitative estimate of drug-likeness (QED) is 0.671. The molecule has 0 atom stereocenters. The van der Waals surface area contributed by atoms with Gasteiger partial charge in [0.05, 0.1) is 5.69 Å². The molecule has 1 heterocycles. The lowest BCUT2D eigenvalue weighted by Crippen LogP contribution is -2.28. The minimum atomic E-state index is -0.229. The van der Waals surface area contributed by atoms with Crippen molar-refractivity contribution in [3.05, 3.63) is 39.1 Å². The Hall–Kier alpha value is -0.710. The average Bonchev–Trinajstić information content (AvgIpc) is 2.96. The summed E-state index contributed by atoms with van der Waals surface area (Å²) < 4.78 is 7.11. The molecule has 0 N–H and O–H groups in total. The zero-order valence-corrected chi connectivity index (χ0v) is 14.6. The third-order valence-electron chi connectivity index (χ3n) is 3.60. The summed E-state index contributed by atoms with van der Waals surface area (Å²) in [5, 5.41) is 3.21. The van der Waals surface area contributed by atoms with Crippen LogP contribution in [-0.4, -0.2) is 11.6 Å². The number of hydrogen-bond acceptors (Lipinski definition) is 3. The Kier molecular flexibility index (Phi) is 5.35. The zero-order chi connectivity index (χ0) is 14.6. The van der Waals surface area contributed by atoms with Crippen LogP contribution in [-0.2, 0) is 10.3 Å². The van der Waals surface area contributed by atoms with E-state index in [2.05, 4.69) is 47.3 Å². The largest absolute Gasteiger partial charge is 0.368 e. The fourth-order valence-corrected chi connectivity index (χ4v) is 3.72. The molecule has 2 nitrogen and oxygen atoms in total. The lowest BCUT2D eigenvalue weighted by molar-refractivity contribution is -0.0505. The minimum absolute atomic E-state index is 0.229. The second-order valence-corrected chi connectivity index (χ2v) is 6.45. The van der Waals surface area contributed by atoms with Crippen LogP contribution in [0.3, 0.4) is 0 Å². The molecule has 0 aliphatic carbocycles. The standard InChI is InChI=1S/C16H20BrNOS/c1-4-16(5-2,19-6-3)15-18-14(11-20-15)12-7-9-13(17)10-8-12/h7-11H,4-6H2,1-3H3. The first-order valence-corrected chi connectivity index (χ1v) is 8.68. The number of thiazole rings is 1. The van der Waals surface area contributed by atoms with Crippen molar-refractivity contribution in [1.82, 2.24) is 4.98 Å². The van der Waals surface area contributed by atoms with Crippen molar-refractivity contribution in [3.8, 4) is 11.3 Å². The second kappa shape index (κ2) is 6.83. The smallest absolute Gasteiger partial charge is 0.125 e. The molecule has 1 aromatic heterocycles. The van der Waals surface area contributed by atoms with Gasteiger partial charge in [-0.1, -0.05) is 41.9 Å². The number of hydrogen-bond donors (Lipinski definition) is 0. The highest BCUT2D eigenvalue weighted by Gasteiger charge is 2.32. The molecule has 2 rings (SSSR count). The van der Waals surface area contributed by atoms with Gasteiger partial charge in [-0.3, -0.25) is 0 Å². The van der Waals surface area contributed by atoms with Gasteiger partial charge in [-0.25, -0.2) is 4.98 Å². The molecule has 0 bridgehead atoms. The summed E-state index contributed by atoms with van der Waals surface area (Å²) in [6.07, 6.45) is 1.90. The molecule has 2 aromatic rings. The topological polar surface area (TPSA) is 22.1 Å². The Balaban J connectivity index is 2.33. The van der Waals surface area contributed by atoms with Gasteiger partial charge in [-0.2, -0.15) is 0 Å². The van der Waals surface area contributed by atoms with Gasteiger partial charge in [-0.15, -0.1) is 11.3 Å². The molecule has 0 fully saturated rings. The summed E-state index contributed by atoms with van der Waals surface area (Å²) in [6, 6.07) is 8.26. The van der Waals surface area contributed by atoms with E-state index in [9.17, 15) is 0 Å². The van der Waals surface area contributed by atoms with E-state index in [1.54, 1.807) is 11.3 Å². The predicted molar refractivity (Wildman–Crippen MR) is 89.1 cm³/mol. The summed E-state index contributed by atoms with van der Waals surface area (Å²) in [5.41, 5.74) is 1.95. The van der Waals surface area contributed by atoms with E-state index in [4.69, 9.17) is 9.72 Å². The Morgan fingerprint density at radius 3 is 2.35 bits per heavy atom. The van der Waals surface area contributed by atoms with E-state index >= 15 is 0 Å². The maximum Gasteiger partial charge on any atom is 0.125 e. The summed E-state index contributed by atoms with van der Waals surface area (Å²) in [5.74, 6) is 0. The van der Waals surface area contributed by atoms with Crippen LogP contribution in [0.4, 0.5) is 0 Å². The second-order valence-electron chi connectivity index (χ2n) is 4.68. The van der Waals surface area contributed by atoms with Crippen LogP contribution < -0.4 is 0 Å². The Morgan fingerprint density at radius 2 is 1.80 bits per heavy atom. The van der Waals surface area contributed by atoms with Gasteiger partial charge in [-0.05, 0) is 31.9 Å². The van der Waals surface area contributed by atoms with E-state index < -0.39 is 0 Å². The van der Waals surface area contributed by atoms with Crippen LogP contribution in [0.25, 0.3) is 11.3 Å². The monoisotopic (exact) mass is 353 g/mol. The first kappa shape index (κ1) is 15.7. The molecule has 1 aromatic carbocycles. The number of halogens is 1. The van der Waals surface area contributed by atoms with Gasteiger partial charge >= 0.3 is 0 Å². The third-order valence-corrected chi connectivity index (χ3v) is 5.15. The third kappa shape index (κ3) is 3.13. The maximum atomic E-state index is 6.02. The molecule has 108 valence electrons. The molecular weight excluding hydrogens is 334 g/mol. The number of benzene rings is 1. The van der Waals surface area contributed by atoms with Gasteiger partial charge in [0.25, 0.3) is 0 Å². The SMILES string of the molecule is CCOC(CC)(CC)c1nc(-c2ccc(Br)cc2)cs1. The highest BCUT2D eigenvalue weighted by atomic mass is 79.9. The van der Waals surface area contributed by atoms with Gasteiger partial charge < -0.3 is 4.74 Å². The molecule has 0 spiro atoms. The molecular formula is C16H20BrNOS. The lowest BCUT2D eigenvalue weighted by atomic mass is 9.98. The van der Waals surface area contributed by atoms with Crippen LogP contribution in [0, 0.1) is 0 Å². The molecule has 0 amide bonds. The zero-order valence-electron chi connectivity index (χ0n) is 12.1. The number of rotatable bonds is 6. The number of aromatic nitrogens is 1. The summed E-state index contributed by atoms with van der Waals surface area (Å²) >= 11 is 5.16. The molecule has 4 heteroatoms. The van der Waals surface area contributed by atoms with Crippen molar-refractivity contribution in [3.63, 3.8) is 0 Å². The minimum Gasteiger partial charge on any atom is -0.368 e. The Labute approximate surface area is 133 Å². The van der Waals surface area contributed by atoms with Gasteiger partial charge in [0, 0.05) is 22.0 Å². The Bertz CT molecular complexity index is 546. The normalized spacial score (nSPS) is 11.8. The molecule has 0 aliphatic heterocycles. The van der Waals surface area contributed by atoms with E-state index in [1.807, 2.05) is 19.1 Å². The lowest BCUT2D eigenvalue weighted by Gasteiger charge is -2.29. The van der Waals surface area contributed by atoms with Crippen molar-refractivity contribution in [2.45, 2.75) is 39.2 Å².